The summed E-state index contributed by atoms with van der Waals surface area (Å²) in [6.07, 6.45) is 4.79. The van der Waals surface area contributed by atoms with E-state index in [1.54, 1.807) is 44.7 Å². The third-order valence-electron chi connectivity index (χ3n) is 4.47. The lowest BCUT2D eigenvalue weighted by atomic mass is 10.1. The molecule has 0 bridgehead atoms. The quantitative estimate of drug-likeness (QED) is 0.534. The molecule has 2 N–H and O–H groups in total. The average molecular weight is 454 g/mol. The van der Waals surface area contributed by atoms with Gasteiger partial charge in [-0.3, -0.25) is 14.5 Å². The molecule has 3 rings (SSSR count). The van der Waals surface area contributed by atoms with Crippen molar-refractivity contribution in [3.63, 3.8) is 0 Å². The fourth-order valence-corrected chi connectivity index (χ4v) is 4.51. The molecule has 0 radical (unpaired) electrons. The molecule has 8 nitrogen and oxygen atoms in total. The van der Waals surface area contributed by atoms with Crippen molar-refractivity contribution in [3.8, 4) is 11.1 Å². The Kier molecular flexibility index (Phi) is 7.09. The van der Waals surface area contributed by atoms with Crippen molar-refractivity contribution in [1.29, 1.82) is 0 Å². The Morgan fingerprint density at radius 1 is 0.969 bits per heavy atom. The first-order valence-electron chi connectivity index (χ1n) is 10.1. The number of aromatic nitrogens is 2. The SMILES string of the molecule is CC(C)CS(=O)(=O)Nc1cncc(Nc2ccc(-c3ccc(C(=O)N(C)C)cc3)cn2)c1. The lowest BCUT2D eigenvalue weighted by Crippen LogP contribution is -2.21. The van der Waals surface area contributed by atoms with Gasteiger partial charge in [-0.2, -0.15) is 0 Å². The number of carbonyl (C=O) groups excluding carboxylic acids is 1. The summed E-state index contributed by atoms with van der Waals surface area (Å²) in [5, 5.41) is 3.13. The molecule has 1 aromatic carbocycles. The molecule has 0 atom stereocenters. The molecule has 0 saturated heterocycles. The molecule has 0 fully saturated rings. The molecule has 0 saturated carbocycles. The Morgan fingerprint density at radius 3 is 2.22 bits per heavy atom. The number of pyridine rings is 2. The Labute approximate surface area is 188 Å². The highest BCUT2D eigenvalue weighted by molar-refractivity contribution is 7.92. The van der Waals surface area contributed by atoms with E-state index in [9.17, 15) is 13.2 Å². The molecule has 168 valence electrons. The second-order valence-corrected chi connectivity index (χ2v) is 9.84. The van der Waals surface area contributed by atoms with E-state index in [0.29, 0.717) is 22.8 Å². The van der Waals surface area contributed by atoms with Gasteiger partial charge >= 0.3 is 0 Å². The summed E-state index contributed by atoms with van der Waals surface area (Å²) in [6.45, 7) is 3.70. The molecule has 0 aliphatic rings. The second-order valence-electron chi connectivity index (χ2n) is 8.07. The van der Waals surface area contributed by atoms with Crippen molar-refractivity contribution in [2.75, 3.05) is 29.9 Å². The van der Waals surface area contributed by atoms with Crippen LogP contribution >= 0.6 is 0 Å². The second kappa shape index (κ2) is 9.78. The van der Waals surface area contributed by atoms with Crippen LogP contribution in [-0.2, 0) is 10.0 Å². The first-order valence-corrected chi connectivity index (χ1v) is 11.8. The normalized spacial score (nSPS) is 11.3. The number of nitrogens with zero attached hydrogens (tertiary/aromatic N) is 3. The highest BCUT2D eigenvalue weighted by Crippen LogP contribution is 2.23. The molecular weight excluding hydrogens is 426 g/mol. The van der Waals surface area contributed by atoms with Gasteiger partial charge in [0.15, 0.2) is 0 Å². The number of rotatable bonds is 8. The van der Waals surface area contributed by atoms with Crippen LogP contribution in [0.1, 0.15) is 24.2 Å². The predicted molar refractivity (Wildman–Crippen MR) is 127 cm³/mol. The van der Waals surface area contributed by atoms with Crippen molar-refractivity contribution in [2.45, 2.75) is 13.8 Å². The lowest BCUT2D eigenvalue weighted by molar-refractivity contribution is 0.0827. The number of amides is 1. The maximum Gasteiger partial charge on any atom is 0.253 e. The Morgan fingerprint density at radius 2 is 1.62 bits per heavy atom. The van der Waals surface area contributed by atoms with Crippen LogP contribution in [0.5, 0.6) is 0 Å². The first kappa shape index (κ1) is 23.2. The number of anilines is 3. The summed E-state index contributed by atoms with van der Waals surface area (Å²) in [6, 6.07) is 12.8. The van der Waals surface area contributed by atoms with E-state index in [2.05, 4.69) is 20.0 Å². The summed E-state index contributed by atoms with van der Waals surface area (Å²) >= 11 is 0. The zero-order valence-electron chi connectivity index (χ0n) is 18.5. The monoisotopic (exact) mass is 453 g/mol. The highest BCUT2D eigenvalue weighted by atomic mass is 32.2. The molecule has 32 heavy (non-hydrogen) atoms. The molecular formula is C23H27N5O3S. The van der Waals surface area contributed by atoms with Gasteiger partial charge in [-0.05, 0) is 41.8 Å². The van der Waals surface area contributed by atoms with Crippen LogP contribution in [0, 0.1) is 5.92 Å². The topological polar surface area (TPSA) is 104 Å². The fraction of sp³-hybridized carbons (Fsp3) is 0.261. The Hall–Kier alpha value is -3.46. The summed E-state index contributed by atoms with van der Waals surface area (Å²) in [5.41, 5.74) is 3.48. The standard InChI is InChI=1S/C23H27N5O3S/c1-16(2)15-32(30,31)27-21-11-20(13-24-14-21)26-22-10-9-19(12-25-22)17-5-7-18(8-6-17)23(29)28(3)4/h5-14,16,27H,15H2,1-4H3,(H,25,26). The van der Waals surface area contributed by atoms with E-state index in [0.717, 1.165) is 11.1 Å². The Balaban J connectivity index is 1.69. The predicted octanol–water partition coefficient (Wildman–Crippen LogP) is 3.99. The summed E-state index contributed by atoms with van der Waals surface area (Å²) in [5.74, 6) is 0.612. The number of nitrogens with one attached hydrogen (secondary N) is 2. The minimum atomic E-state index is -3.43. The maximum absolute atomic E-state index is 12.2. The third-order valence-corrected chi connectivity index (χ3v) is 6.12. The number of carbonyl (C=O) groups is 1. The largest absolute Gasteiger partial charge is 0.345 e. The van der Waals surface area contributed by atoms with Crippen LogP contribution in [0.15, 0.2) is 61.1 Å². The van der Waals surface area contributed by atoms with Gasteiger partial charge in [0.25, 0.3) is 5.91 Å². The number of hydrogen-bond donors (Lipinski definition) is 2. The van der Waals surface area contributed by atoms with Crippen LogP contribution in [0.2, 0.25) is 0 Å². The molecule has 3 aromatic rings. The summed E-state index contributed by atoms with van der Waals surface area (Å²) in [7, 11) is 0.00970. The minimum Gasteiger partial charge on any atom is -0.345 e. The summed E-state index contributed by atoms with van der Waals surface area (Å²) in [4.78, 5) is 22.1. The molecule has 9 heteroatoms. The average Bonchev–Trinajstić information content (AvgIpc) is 2.73. The highest BCUT2D eigenvalue weighted by Gasteiger charge is 2.13. The van der Waals surface area contributed by atoms with E-state index in [-0.39, 0.29) is 17.6 Å². The smallest absolute Gasteiger partial charge is 0.253 e. The van der Waals surface area contributed by atoms with E-state index in [1.165, 1.54) is 11.1 Å². The van der Waals surface area contributed by atoms with Crippen molar-refractivity contribution in [1.82, 2.24) is 14.9 Å². The van der Waals surface area contributed by atoms with Crippen LogP contribution in [0.4, 0.5) is 17.2 Å². The van der Waals surface area contributed by atoms with E-state index < -0.39 is 10.0 Å². The van der Waals surface area contributed by atoms with E-state index in [1.807, 2.05) is 38.1 Å². The molecule has 0 aliphatic heterocycles. The van der Waals surface area contributed by atoms with Gasteiger partial charge in [-0.25, -0.2) is 13.4 Å². The fourth-order valence-electron chi connectivity index (χ4n) is 3.07. The van der Waals surface area contributed by atoms with Crippen LogP contribution in [-0.4, -0.2) is 49.0 Å². The molecule has 0 unspecified atom stereocenters. The van der Waals surface area contributed by atoms with Crippen molar-refractivity contribution in [3.05, 3.63) is 66.6 Å². The van der Waals surface area contributed by atoms with Crippen molar-refractivity contribution < 1.29 is 13.2 Å². The number of sulfonamides is 1. The lowest BCUT2D eigenvalue weighted by Gasteiger charge is -2.12. The summed E-state index contributed by atoms with van der Waals surface area (Å²) < 4.78 is 26.9. The molecule has 2 aromatic heterocycles. The van der Waals surface area contributed by atoms with Gasteiger partial charge in [0.2, 0.25) is 10.0 Å². The van der Waals surface area contributed by atoms with Gasteiger partial charge in [-0.1, -0.05) is 26.0 Å². The zero-order chi connectivity index (χ0) is 23.3. The van der Waals surface area contributed by atoms with Crippen LogP contribution in [0.3, 0.4) is 0 Å². The molecule has 2 heterocycles. The van der Waals surface area contributed by atoms with Crippen molar-refractivity contribution >= 4 is 33.1 Å². The van der Waals surface area contributed by atoms with E-state index in [4.69, 9.17) is 0 Å². The third kappa shape index (κ3) is 6.27. The number of benzene rings is 1. The van der Waals surface area contributed by atoms with Gasteiger partial charge in [0.05, 0.1) is 29.5 Å². The minimum absolute atomic E-state index is 0.0224. The number of hydrogen-bond acceptors (Lipinski definition) is 6. The molecule has 0 aliphatic carbocycles. The van der Waals surface area contributed by atoms with Gasteiger partial charge in [0.1, 0.15) is 5.82 Å². The zero-order valence-corrected chi connectivity index (χ0v) is 19.3. The van der Waals surface area contributed by atoms with Gasteiger partial charge < -0.3 is 10.2 Å². The maximum atomic E-state index is 12.2. The van der Waals surface area contributed by atoms with E-state index >= 15 is 0 Å². The molecule has 0 spiro atoms. The Bertz CT molecular complexity index is 1180. The van der Waals surface area contributed by atoms with Crippen LogP contribution < -0.4 is 10.0 Å². The first-order chi connectivity index (χ1) is 15.1. The van der Waals surface area contributed by atoms with Crippen molar-refractivity contribution in [2.24, 2.45) is 5.92 Å². The molecule has 1 amide bonds. The van der Waals surface area contributed by atoms with Crippen LogP contribution in [0.25, 0.3) is 11.1 Å². The van der Waals surface area contributed by atoms with Gasteiger partial charge in [0, 0.05) is 31.4 Å². The van der Waals surface area contributed by atoms with Gasteiger partial charge in [-0.15, -0.1) is 0 Å².